The molecule has 1 unspecified atom stereocenters. The molecule has 2 aromatic rings. The van der Waals surface area contributed by atoms with E-state index in [4.69, 9.17) is 9.15 Å². The van der Waals surface area contributed by atoms with Crippen molar-refractivity contribution in [3.8, 4) is 5.75 Å². The van der Waals surface area contributed by atoms with Crippen molar-refractivity contribution in [2.75, 3.05) is 26.2 Å². The Labute approximate surface area is 180 Å². The fourth-order valence-electron chi connectivity index (χ4n) is 3.81. The lowest BCUT2D eigenvalue weighted by molar-refractivity contribution is -0.123. The van der Waals surface area contributed by atoms with Gasteiger partial charge in [0.1, 0.15) is 17.3 Å². The minimum absolute atomic E-state index is 0. The molecule has 0 bridgehead atoms. The highest BCUT2D eigenvalue weighted by molar-refractivity contribution is 5.85. The molecule has 1 aromatic carbocycles. The van der Waals surface area contributed by atoms with Crippen LogP contribution in [0.2, 0.25) is 0 Å². The molecule has 0 aliphatic carbocycles. The highest BCUT2D eigenvalue weighted by Crippen LogP contribution is 2.27. The number of carbonyl (C=O) groups is 1. The first-order chi connectivity index (χ1) is 13.4. The quantitative estimate of drug-likeness (QED) is 0.711. The van der Waals surface area contributed by atoms with Crippen LogP contribution in [-0.4, -0.2) is 37.0 Å². The molecule has 1 aliphatic rings. The van der Waals surface area contributed by atoms with E-state index in [-0.39, 0.29) is 31.0 Å². The molecule has 1 amide bonds. The van der Waals surface area contributed by atoms with Gasteiger partial charge in [-0.15, -0.1) is 12.4 Å². The summed E-state index contributed by atoms with van der Waals surface area (Å²) in [4.78, 5) is 14.9. The monoisotopic (exact) mass is 420 g/mol. The Hall–Kier alpha value is -1.98. The number of furan rings is 1. The highest BCUT2D eigenvalue weighted by atomic mass is 35.5. The van der Waals surface area contributed by atoms with Gasteiger partial charge < -0.3 is 14.5 Å². The minimum Gasteiger partial charge on any atom is -0.483 e. The summed E-state index contributed by atoms with van der Waals surface area (Å²) >= 11 is 0. The van der Waals surface area contributed by atoms with Crippen molar-refractivity contribution in [1.82, 2.24) is 10.2 Å². The number of rotatable bonds is 7. The van der Waals surface area contributed by atoms with Gasteiger partial charge >= 0.3 is 0 Å². The Morgan fingerprint density at radius 3 is 2.41 bits per heavy atom. The Morgan fingerprint density at radius 2 is 1.83 bits per heavy atom. The summed E-state index contributed by atoms with van der Waals surface area (Å²) < 4.78 is 11.7. The summed E-state index contributed by atoms with van der Waals surface area (Å²) in [5, 5.41) is 3.04. The molecule has 5 nitrogen and oxygen atoms in total. The molecular formula is C23H33ClN2O3. The van der Waals surface area contributed by atoms with Gasteiger partial charge in [-0.1, -0.05) is 25.1 Å². The number of likely N-dealkylation sites (tertiary alicyclic amines) is 1. The Bertz CT molecular complexity index is 777. The average Bonchev–Trinajstić information content (AvgIpc) is 3.09. The number of amides is 1. The van der Waals surface area contributed by atoms with Gasteiger partial charge in [-0.05, 0) is 75.9 Å². The van der Waals surface area contributed by atoms with Crippen LogP contribution in [0.1, 0.15) is 48.5 Å². The third-order valence-corrected chi connectivity index (χ3v) is 5.60. The maximum Gasteiger partial charge on any atom is 0.258 e. The number of nitrogens with zero attached hydrogens (tertiary/aromatic N) is 1. The third-order valence-electron chi connectivity index (χ3n) is 5.60. The predicted octanol–water partition coefficient (Wildman–Crippen LogP) is 4.59. The van der Waals surface area contributed by atoms with E-state index in [1.165, 1.54) is 12.8 Å². The standard InChI is InChI=1S/C23H32N2O3.ClH/c1-16-10-12-25(13-11-16)20(21-9-8-19(4)28-21)14-24-22(26)15-27-23-17(2)6-5-7-18(23)3;/h5-9,16,20H,10-15H2,1-4H3,(H,24,26);1H. The van der Waals surface area contributed by atoms with E-state index in [9.17, 15) is 4.79 Å². The number of carbonyl (C=O) groups excluding carboxylic acids is 1. The Morgan fingerprint density at radius 1 is 1.17 bits per heavy atom. The number of piperidine rings is 1. The van der Waals surface area contributed by atoms with Gasteiger partial charge in [0.15, 0.2) is 6.61 Å². The van der Waals surface area contributed by atoms with Crippen LogP contribution in [0.15, 0.2) is 34.7 Å². The first-order valence-electron chi connectivity index (χ1n) is 10.2. The van der Waals surface area contributed by atoms with Crippen molar-refractivity contribution >= 4 is 18.3 Å². The smallest absolute Gasteiger partial charge is 0.258 e. The van der Waals surface area contributed by atoms with Gasteiger partial charge in [-0.25, -0.2) is 0 Å². The lowest BCUT2D eigenvalue weighted by Gasteiger charge is -2.35. The summed E-state index contributed by atoms with van der Waals surface area (Å²) in [5.74, 6) is 3.26. The molecular weight excluding hydrogens is 388 g/mol. The summed E-state index contributed by atoms with van der Waals surface area (Å²) in [6.45, 7) is 10.8. The zero-order valence-corrected chi connectivity index (χ0v) is 18.7. The normalized spacial score (nSPS) is 16.1. The number of aryl methyl sites for hydroxylation is 3. The first-order valence-corrected chi connectivity index (χ1v) is 10.2. The maximum atomic E-state index is 12.4. The van der Waals surface area contributed by atoms with Gasteiger partial charge in [0, 0.05) is 6.54 Å². The van der Waals surface area contributed by atoms with E-state index in [1.807, 2.05) is 51.1 Å². The second kappa shape index (κ2) is 10.7. The molecule has 0 saturated carbocycles. The van der Waals surface area contributed by atoms with Crippen LogP contribution in [0.4, 0.5) is 0 Å². The van der Waals surface area contributed by atoms with Crippen LogP contribution in [0, 0.1) is 26.7 Å². The number of hydrogen-bond acceptors (Lipinski definition) is 4. The van der Waals surface area contributed by atoms with Crippen LogP contribution in [0.25, 0.3) is 0 Å². The second-order valence-corrected chi connectivity index (χ2v) is 8.00. The summed E-state index contributed by atoms with van der Waals surface area (Å²) in [6.07, 6.45) is 2.36. The van der Waals surface area contributed by atoms with Gasteiger partial charge in [0.2, 0.25) is 0 Å². The summed E-state index contributed by atoms with van der Waals surface area (Å²) in [7, 11) is 0. The van der Waals surface area contributed by atoms with E-state index in [0.29, 0.717) is 6.54 Å². The molecule has 1 fully saturated rings. The second-order valence-electron chi connectivity index (χ2n) is 8.00. The number of ether oxygens (including phenoxy) is 1. The zero-order valence-electron chi connectivity index (χ0n) is 17.9. The molecule has 2 heterocycles. The lowest BCUT2D eigenvalue weighted by Crippen LogP contribution is -2.42. The molecule has 1 aromatic heterocycles. The number of benzene rings is 1. The number of hydrogen-bond donors (Lipinski definition) is 1. The van der Waals surface area contributed by atoms with Crippen LogP contribution in [-0.2, 0) is 4.79 Å². The third kappa shape index (κ3) is 6.25. The zero-order chi connectivity index (χ0) is 20.1. The highest BCUT2D eigenvalue weighted by Gasteiger charge is 2.27. The van der Waals surface area contributed by atoms with Gasteiger partial charge in [0.05, 0.1) is 6.04 Å². The molecule has 0 spiro atoms. The Balaban J connectivity index is 0.00000300. The largest absolute Gasteiger partial charge is 0.483 e. The van der Waals surface area contributed by atoms with Crippen molar-refractivity contribution < 1.29 is 13.9 Å². The van der Waals surface area contributed by atoms with E-state index >= 15 is 0 Å². The van der Waals surface area contributed by atoms with Crippen LogP contribution in [0.5, 0.6) is 5.75 Å². The summed E-state index contributed by atoms with van der Waals surface area (Å²) in [5.41, 5.74) is 2.08. The predicted molar refractivity (Wildman–Crippen MR) is 118 cm³/mol. The van der Waals surface area contributed by atoms with Crippen LogP contribution in [0.3, 0.4) is 0 Å². The molecule has 29 heavy (non-hydrogen) atoms. The molecule has 6 heteroatoms. The van der Waals surface area contributed by atoms with E-state index in [1.54, 1.807) is 0 Å². The fraction of sp³-hybridized carbons (Fsp3) is 0.522. The van der Waals surface area contributed by atoms with E-state index in [2.05, 4.69) is 17.1 Å². The van der Waals surface area contributed by atoms with E-state index in [0.717, 1.165) is 47.4 Å². The summed E-state index contributed by atoms with van der Waals surface area (Å²) in [6, 6.07) is 10.1. The van der Waals surface area contributed by atoms with Gasteiger partial charge in [-0.2, -0.15) is 0 Å². The van der Waals surface area contributed by atoms with Crippen molar-refractivity contribution in [3.05, 3.63) is 53.0 Å². The van der Waals surface area contributed by atoms with Crippen molar-refractivity contribution in [1.29, 1.82) is 0 Å². The van der Waals surface area contributed by atoms with Crippen LogP contribution >= 0.6 is 12.4 Å². The topological polar surface area (TPSA) is 54.7 Å². The molecule has 1 aliphatic heterocycles. The Kier molecular flexibility index (Phi) is 8.60. The van der Waals surface area contributed by atoms with Gasteiger partial charge in [-0.3, -0.25) is 9.69 Å². The SMILES string of the molecule is Cc1ccc(C(CNC(=O)COc2c(C)cccc2C)N2CCC(C)CC2)o1.Cl. The molecule has 0 radical (unpaired) electrons. The molecule has 1 saturated heterocycles. The molecule has 1 atom stereocenters. The number of nitrogens with one attached hydrogen (secondary N) is 1. The minimum atomic E-state index is -0.110. The van der Waals surface area contributed by atoms with Crippen molar-refractivity contribution in [3.63, 3.8) is 0 Å². The number of halogens is 1. The average molecular weight is 421 g/mol. The molecule has 3 rings (SSSR count). The lowest BCUT2D eigenvalue weighted by atomic mass is 9.97. The first kappa shape index (κ1) is 23.3. The fourth-order valence-corrected chi connectivity index (χ4v) is 3.81. The van der Waals surface area contributed by atoms with Gasteiger partial charge in [0.25, 0.3) is 5.91 Å². The number of para-hydroxylation sites is 1. The van der Waals surface area contributed by atoms with E-state index < -0.39 is 0 Å². The molecule has 1 N–H and O–H groups in total. The molecule has 160 valence electrons. The van der Waals surface area contributed by atoms with Crippen LogP contribution < -0.4 is 10.1 Å². The maximum absolute atomic E-state index is 12.4. The van der Waals surface area contributed by atoms with Crippen molar-refractivity contribution in [2.45, 2.75) is 46.6 Å². The van der Waals surface area contributed by atoms with Crippen molar-refractivity contribution in [2.24, 2.45) is 5.92 Å².